The van der Waals surface area contributed by atoms with Crippen molar-refractivity contribution in [3.63, 3.8) is 0 Å². The maximum absolute atomic E-state index is 6.24. The van der Waals surface area contributed by atoms with E-state index < -0.39 is 0 Å². The van der Waals surface area contributed by atoms with E-state index in [1.54, 1.807) is 12.4 Å². The van der Waals surface area contributed by atoms with Crippen molar-refractivity contribution in [3.8, 4) is 101 Å². The number of hydrogen-bond acceptors (Lipinski definition) is 14. The highest BCUT2D eigenvalue weighted by atomic mass is 79.9. The third kappa shape index (κ3) is 13.8. The molecule has 120 heavy (non-hydrogen) atoms. The summed E-state index contributed by atoms with van der Waals surface area (Å²) < 4.78 is 25.5. The van der Waals surface area contributed by atoms with E-state index in [0.717, 1.165) is 187 Å². The molecule has 0 spiro atoms. The van der Waals surface area contributed by atoms with E-state index in [0.29, 0.717) is 34.4 Å². The van der Waals surface area contributed by atoms with Gasteiger partial charge in [-0.15, -0.1) is 0 Å². The molecule has 570 valence electrons. The molecule has 0 unspecified atom stereocenters. The van der Waals surface area contributed by atoms with Crippen LogP contribution in [0.3, 0.4) is 0 Å². The Morgan fingerprint density at radius 3 is 1.11 bits per heavy atom. The van der Waals surface area contributed by atoms with Crippen LogP contribution in [0.25, 0.3) is 211 Å². The first kappa shape index (κ1) is 73.0. The predicted octanol–water partition coefficient (Wildman–Crippen LogP) is 25.8. The molecule has 14 nitrogen and oxygen atoms in total. The minimum atomic E-state index is -0.368. The summed E-state index contributed by atoms with van der Waals surface area (Å²) in [5.41, 5.74) is 26.4. The summed E-state index contributed by atoms with van der Waals surface area (Å²) in [5, 5.41) is 8.45. The van der Waals surface area contributed by atoms with Crippen LogP contribution in [-0.2, 0) is 9.31 Å². The van der Waals surface area contributed by atoms with Crippen molar-refractivity contribution >= 4 is 139 Å². The molecule has 22 aromatic rings. The number of rotatable bonds is 10. The fourth-order valence-electron chi connectivity index (χ4n) is 16.0. The summed E-state index contributed by atoms with van der Waals surface area (Å²) in [6.45, 7) is 8.32. The fourth-order valence-corrected chi connectivity index (χ4v) is 16.4. The molecule has 16 heteroatoms. The van der Waals surface area contributed by atoms with Gasteiger partial charge in [0, 0.05) is 49.9 Å². The summed E-state index contributed by atoms with van der Waals surface area (Å²) >= 11 is 3.51. The predicted molar refractivity (Wildman–Crippen MR) is 489 cm³/mol. The van der Waals surface area contributed by atoms with Crippen molar-refractivity contribution in [3.05, 3.63) is 357 Å². The van der Waals surface area contributed by atoms with Crippen molar-refractivity contribution in [2.45, 2.75) is 38.9 Å². The summed E-state index contributed by atoms with van der Waals surface area (Å²) in [5.74, 6) is 1.43. The van der Waals surface area contributed by atoms with Gasteiger partial charge in [-0.3, -0.25) is 0 Å². The molecular weight excluding hydrogens is 1540 g/mol. The topological polar surface area (TPSA) is 174 Å². The molecule has 1 fully saturated rings. The molecule has 23 rings (SSSR count). The minimum absolute atomic E-state index is 0.361. The highest BCUT2D eigenvalue weighted by Crippen LogP contribution is 2.42. The van der Waals surface area contributed by atoms with Crippen molar-refractivity contribution in [2.75, 3.05) is 0 Å². The highest BCUT2D eigenvalue weighted by Gasteiger charge is 2.51. The molecule has 0 saturated carbocycles. The molecule has 9 heterocycles. The first-order chi connectivity index (χ1) is 58.8. The first-order valence-corrected chi connectivity index (χ1v) is 40.6. The third-order valence-electron chi connectivity index (χ3n) is 22.9. The molecule has 0 amide bonds. The summed E-state index contributed by atoms with van der Waals surface area (Å²) in [4.78, 5) is 47.5. The van der Waals surface area contributed by atoms with Crippen LogP contribution in [0.2, 0.25) is 0 Å². The lowest BCUT2D eigenvalue weighted by molar-refractivity contribution is 0.00578. The SMILES string of the molecule is Brc1ccc2c(ccc3oc4nc5cccnc5nc4c32)c1.CC1(C)OB(c2ccc(-c3cccc(-c4cccc(-c5nc(-c6ccccc6)c6ccccc6n5)c4)c3)cc2)OC1(C)C.c1ccc(-c2nc(-c3cccc(-c4cccc(-c5ccc(-c6ccc7c(ccc8oc9nc%10cccnc%10nc9c87)c6)cc5)c4)c3)nc3ccccc23)cc1. The van der Waals surface area contributed by atoms with E-state index in [1.807, 2.05) is 109 Å². The number of hydrogen-bond donors (Lipinski definition) is 0. The van der Waals surface area contributed by atoms with Crippen LogP contribution in [0, 0.1) is 0 Å². The summed E-state index contributed by atoms with van der Waals surface area (Å²) in [6.07, 6.45) is 3.46. The number of furan rings is 2. The van der Waals surface area contributed by atoms with E-state index in [2.05, 4.69) is 299 Å². The maximum atomic E-state index is 6.24. The summed E-state index contributed by atoms with van der Waals surface area (Å²) in [7, 11) is -0.368. The van der Waals surface area contributed by atoms with Crippen LogP contribution in [0.4, 0.5) is 0 Å². The van der Waals surface area contributed by atoms with Crippen LogP contribution < -0.4 is 5.46 Å². The van der Waals surface area contributed by atoms with Crippen LogP contribution in [-0.4, -0.2) is 68.2 Å². The van der Waals surface area contributed by atoms with E-state index in [9.17, 15) is 0 Å². The molecule has 8 aromatic heterocycles. The van der Waals surface area contributed by atoms with Crippen molar-refractivity contribution in [1.29, 1.82) is 0 Å². The zero-order chi connectivity index (χ0) is 80.6. The van der Waals surface area contributed by atoms with Gasteiger partial charge >= 0.3 is 7.12 Å². The normalized spacial score (nSPS) is 13.1. The Kier molecular flexibility index (Phi) is 18.3. The maximum Gasteiger partial charge on any atom is 0.494 e. The number of fused-ring (bicyclic) bond motifs is 14. The average molecular weight is 1610 g/mol. The van der Waals surface area contributed by atoms with Gasteiger partial charge in [0.15, 0.2) is 22.9 Å². The van der Waals surface area contributed by atoms with Gasteiger partial charge in [0.2, 0.25) is 11.4 Å². The van der Waals surface area contributed by atoms with Gasteiger partial charge in [-0.25, -0.2) is 49.8 Å². The smallest absolute Gasteiger partial charge is 0.436 e. The fraction of sp³-hybridized carbons (Fsp3) is 0.0577. The Morgan fingerprint density at radius 2 is 0.642 bits per heavy atom. The molecular formula is C104H70BBrN10O4. The number of halogens is 1. The molecule has 0 N–H and O–H groups in total. The monoisotopic (exact) mass is 1610 g/mol. The second kappa shape index (κ2) is 30.1. The molecule has 1 saturated heterocycles. The lowest BCUT2D eigenvalue weighted by Gasteiger charge is -2.32. The average Bonchev–Trinajstić information content (AvgIpc) is 1.63. The zero-order valence-electron chi connectivity index (χ0n) is 65.5. The Bertz CT molecular complexity index is 7770. The number of para-hydroxylation sites is 2. The lowest BCUT2D eigenvalue weighted by atomic mass is 9.78. The lowest BCUT2D eigenvalue weighted by Crippen LogP contribution is -2.41. The van der Waals surface area contributed by atoms with Crippen LogP contribution >= 0.6 is 15.9 Å². The van der Waals surface area contributed by atoms with Gasteiger partial charge in [0.25, 0.3) is 0 Å². The Morgan fingerprint density at radius 1 is 0.275 bits per heavy atom. The summed E-state index contributed by atoms with van der Waals surface area (Å²) in [6, 6.07) is 117. The van der Waals surface area contributed by atoms with Gasteiger partial charge in [0.1, 0.15) is 33.2 Å². The molecule has 0 atom stereocenters. The van der Waals surface area contributed by atoms with E-state index >= 15 is 0 Å². The second-order valence-corrected chi connectivity index (χ2v) is 31.9. The van der Waals surface area contributed by atoms with Gasteiger partial charge in [-0.1, -0.05) is 265 Å². The Hall–Kier alpha value is -14.7. The highest BCUT2D eigenvalue weighted by molar-refractivity contribution is 9.10. The van der Waals surface area contributed by atoms with Crippen LogP contribution in [0.1, 0.15) is 27.7 Å². The minimum Gasteiger partial charge on any atom is -0.436 e. The van der Waals surface area contributed by atoms with Crippen molar-refractivity contribution < 1.29 is 18.1 Å². The number of pyridine rings is 2. The van der Waals surface area contributed by atoms with Crippen LogP contribution in [0.15, 0.2) is 365 Å². The van der Waals surface area contributed by atoms with E-state index in [4.69, 9.17) is 43.1 Å². The largest absolute Gasteiger partial charge is 0.494 e. The molecule has 0 aliphatic carbocycles. The molecule has 1 aliphatic heterocycles. The number of nitrogens with zero attached hydrogens (tertiary/aromatic N) is 10. The Labute approximate surface area is 698 Å². The van der Waals surface area contributed by atoms with E-state index in [-0.39, 0.29) is 18.3 Å². The van der Waals surface area contributed by atoms with Gasteiger partial charge in [0.05, 0.1) is 44.4 Å². The second-order valence-electron chi connectivity index (χ2n) is 31.0. The molecule has 14 aromatic carbocycles. The number of aromatic nitrogens is 10. The molecule has 0 bridgehead atoms. The van der Waals surface area contributed by atoms with Crippen molar-refractivity contribution in [1.82, 2.24) is 49.8 Å². The van der Waals surface area contributed by atoms with E-state index in [1.165, 1.54) is 0 Å². The quantitative estimate of drug-likeness (QED) is 0.118. The third-order valence-corrected chi connectivity index (χ3v) is 23.4. The van der Waals surface area contributed by atoms with Gasteiger partial charge in [-0.2, -0.15) is 0 Å². The standard InChI is InChI=1S/C49H29N5O.C38H33BN2O2.C17H8BrN3O/c1-2-9-32(10-3-1)45-40-15-4-5-16-41(40)51-47(53-45)38-14-7-13-35(29-38)34-12-6-11-33(27-34)30-18-20-31(21-19-30)36-22-24-39-37(28-36)23-25-43-44(39)46-49(55-43)52-42-17-8-26-50-48(42)54-46;1-37(2)38(3,4)43-39(42-37)32-22-20-26(21-23-32)28-14-10-15-29(24-28)30-16-11-17-31(25-30)36-40-34-19-9-8-18-33(34)35(41-36)27-12-6-5-7-13-27;18-10-4-5-11-9(8-10)3-6-13-14(11)15-17(22-13)20-12-2-1-7-19-16(12)21-15/h1-29H;5-25H,1-4H3;1-8H. The first-order valence-electron chi connectivity index (χ1n) is 39.8. The molecule has 1 aliphatic rings. The van der Waals surface area contributed by atoms with Crippen molar-refractivity contribution in [2.24, 2.45) is 0 Å². The van der Waals surface area contributed by atoms with Crippen LogP contribution in [0.5, 0.6) is 0 Å². The Balaban J connectivity index is 0.000000121. The van der Waals surface area contributed by atoms with Gasteiger partial charge < -0.3 is 18.1 Å². The number of benzene rings is 14. The molecule has 0 radical (unpaired) electrons. The zero-order valence-corrected chi connectivity index (χ0v) is 67.1. The van der Waals surface area contributed by atoms with Gasteiger partial charge in [-0.05, 0) is 201 Å².